The van der Waals surface area contributed by atoms with Crippen LogP contribution in [0.4, 0.5) is 5.82 Å². The molecule has 3 atom stereocenters. The molecule has 1 aromatic heterocycles. The second-order valence-corrected chi connectivity index (χ2v) is 7.85. The fourth-order valence-electron chi connectivity index (χ4n) is 3.73. The summed E-state index contributed by atoms with van der Waals surface area (Å²) in [6.45, 7) is 7.06. The first-order chi connectivity index (χ1) is 13.4. The number of aromatic nitrogens is 2. The second kappa shape index (κ2) is 7.31. The minimum absolute atomic E-state index is 0.0518. The summed E-state index contributed by atoms with van der Waals surface area (Å²) in [5, 5.41) is 21.6. The Balaban J connectivity index is 1.44. The number of nitrogens with zero attached hydrogens (tertiary/aromatic N) is 4. The molecule has 3 aliphatic rings. The molecule has 0 radical (unpaired) electrons. The van der Waals surface area contributed by atoms with Gasteiger partial charge in [0.05, 0.1) is 17.8 Å². The number of carbonyl (C=O) groups excluding carboxylic acids is 1. The van der Waals surface area contributed by atoms with Crippen LogP contribution in [0, 0.1) is 18.8 Å². The summed E-state index contributed by atoms with van der Waals surface area (Å²) in [5.41, 5.74) is 3.44. The first-order valence-corrected chi connectivity index (χ1v) is 9.64. The number of carbonyl (C=O) groups is 1. The molecule has 0 spiro atoms. The van der Waals surface area contributed by atoms with Crippen LogP contribution in [0.2, 0.25) is 0 Å². The van der Waals surface area contributed by atoms with Crippen molar-refractivity contribution in [3.8, 4) is 0 Å². The van der Waals surface area contributed by atoms with Crippen molar-refractivity contribution in [2.24, 2.45) is 16.8 Å². The third-order valence-corrected chi connectivity index (χ3v) is 5.42. The van der Waals surface area contributed by atoms with Crippen LogP contribution in [0.5, 0.6) is 0 Å². The summed E-state index contributed by atoms with van der Waals surface area (Å²) in [6.07, 6.45) is 7.34. The highest BCUT2D eigenvalue weighted by atomic mass is 16.3. The summed E-state index contributed by atoms with van der Waals surface area (Å²) >= 11 is 0. The molecule has 146 valence electrons. The molecule has 1 aromatic rings. The molecule has 28 heavy (non-hydrogen) atoms. The molecule has 3 heterocycles. The number of allylic oxidation sites excluding steroid dienone is 5. The van der Waals surface area contributed by atoms with Crippen LogP contribution in [-0.4, -0.2) is 52.7 Å². The average molecular weight is 379 g/mol. The van der Waals surface area contributed by atoms with Gasteiger partial charge in [-0.3, -0.25) is 9.79 Å². The van der Waals surface area contributed by atoms with E-state index in [1.807, 2.05) is 36.2 Å². The van der Waals surface area contributed by atoms with E-state index in [4.69, 9.17) is 0 Å². The maximum atomic E-state index is 12.8. The number of amides is 1. The van der Waals surface area contributed by atoms with Gasteiger partial charge in [0.15, 0.2) is 5.82 Å². The van der Waals surface area contributed by atoms with Crippen LogP contribution >= 0.6 is 0 Å². The third-order valence-electron chi connectivity index (χ3n) is 5.42. The van der Waals surface area contributed by atoms with Gasteiger partial charge < -0.3 is 15.3 Å². The monoisotopic (exact) mass is 379 g/mol. The maximum Gasteiger partial charge on any atom is 0.270 e. The summed E-state index contributed by atoms with van der Waals surface area (Å²) < 4.78 is 0. The van der Waals surface area contributed by atoms with E-state index in [9.17, 15) is 9.90 Å². The zero-order chi connectivity index (χ0) is 19.8. The number of hydrogen-bond acceptors (Lipinski definition) is 6. The summed E-state index contributed by atoms with van der Waals surface area (Å²) in [6, 6.07) is 3.38. The van der Waals surface area contributed by atoms with Gasteiger partial charge in [0, 0.05) is 25.2 Å². The van der Waals surface area contributed by atoms with Gasteiger partial charge in [-0.05, 0) is 36.1 Å². The fraction of sp³-hybridized carbons (Fsp3) is 0.429. The molecule has 2 N–H and O–H groups in total. The standard InChI is InChI=1S/C21H25N5O2/c1-12(2)14-5-6-16-15(8-14)9-22-20(16)21(28)23-17-10-26(11-18(17)27)19-7-4-13(3)24-25-19/h4-9,12,15,17-18,27H,10-11H2,1-3H3,(H,23,28)/t15?,17-,18-/m1/s1. The van der Waals surface area contributed by atoms with Crippen LogP contribution in [-0.2, 0) is 4.79 Å². The summed E-state index contributed by atoms with van der Waals surface area (Å²) in [7, 11) is 0. The Hall–Kier alpha value is -2.80. The molecule has 1 amide bonds. The lowest BCUT2D eigenvalue weighted by Crippen LogP contribution is -2.43. The van der Waals surface area contributed by atoms with E-state index < -0.39 is 6.10 Å². The normalized spacial score (nSPS) is 26.1. The quantitative estimate of drug-likeness (QED) is 0.828. The minimum Gasteiger partial charge on any atom is -0.389 e. The van der Waals surface area contributed by atoms with Crippen LogP contribution in [0.15, 0.2) is 52.2 Å². The van der Waals surface area contributed by atoms with E-state index in [-0.39, 0.29) is 17.9 Å². The maximum absolute atomic E-state index is 12.8. The zero-order valence-electron chi connectivity index (χ0n) is 16.3. The highest BCUT2D eigenvalue weighted by Crippen LogP contribution is 2.31. The smallest absolute Gasteiger partial charge is 0.270 e. The molecule has 1 saturated heterocycles. The second-order valence-electron chi connectivity index (χ2n) is 7.85. The fourth-order valence-corrected chi connectivity index (χ4v) is 3.73. The van der Waals surface area contributed by atoms with Crippen molar-refractivity contribution in [2.45, 2.75) is 32.9 Å². The molecular weight excluding hydrogens is 354 g/mol. The third kappa shape index (κ3) is 3.49. The van der Waals surface area contributed by atoms with Gasteiger partial charge in [-0.2, -0.15) is 5.10 Å². The largest absolute Gasteiger partial charge is 0.389 e. The van der Waals surface area contributed by atoms with Crippen molar-refractivity contribution in [3.63, 3.8) is 0 Å². The van der Waals surface area contributed by atoms with E-state index in [1.165, 1.54) is 5.57 Å². The number of aliphatic imine (C=N–C) groups is 1. The van der Waals surface area contributed by atoms with Crippen LogP contribution in [0.3, 0.4) is 0 Å². The number of hydrogen-bond donors (Lipinski definition) is 2. The van der Waals surface area contributed by atoms with Gasteiger partial charge in [0.1, 0.15) is 5.70 Å². The average Bonchev–Trinajstić information content (AvgIpc) is 3.25. The molecule has 1 aliphatic carbocycles. The number of β-amino-alcohol motifs (C(OH)–C–C–N with tert-alkyl or cyclic N) is 1. The first kappa shape index (κ1) is 18.6. The molecular formula is C21H25N5O2. The van der Waals surface area contributed by atoms with Crippen molar-refractivity contribution in [3.05, 3.63) is 52.9 Å². The molecule has 2 aliphatic heterocycles. The van der Waals surface area contributed by atoms with Crippen molar-refractivity contribution in [1.82, 2.24) is 15.5 Å². The Bertz CT molecular complexity index is 898. The summed E-state index contributed by atoms with van der Waals surface area (Å²) in [4.78, 5) is 19.1. The van der Waals surface area contributed by atoms with Crippen LogP contribution in [0.1, 0.15) is 19.5 Å². The molecule has 0 saturated carbocycles. The Morgan fingerprint density at radius 2 is 2.07 bits per heavy atom. The van der Waals surface area contributed by atoms with Crippen LogP contribution in [0.25, 0.3) is 0 Å². The molecule has 7 heteroatoms. The van der Waals surface area contributed by atoms with Gasteiger partial charge in [-0.1, -0.05) is 32.1 Å². The Morgan fingerprint density at radius 3 is 2.79 bits per heavy atom. The van der Waals surface area contributed by atoms with E-state index in [0.717, 1.165) is 11.3 Å². The highest BCUT2D eigenvalue weighted by Gasteiger charge is 2.35. The number of anilines is 1. The Kier molecular flexibility index (Phi) is 4.85. The van der Waals surface area contributed by atoms with Crippen LogP contribution < -0.4 is 10.2 Å². The lowest BCUT2D eigenvalue weighted by molar-refractivity contribution is -0.118. The molecule has 1 fully saturated rings. The number of aliphatic hydroxyl groups is 1. The van der Waals surface area contributed by atoms with Crippen molar-refractivity contribution in [1.29, 1.82) is 0 Å². The van der Waals surface area contributed by atoms with E-state index in [0.29, 0.717) is 30.5 Å². The first-order valence-electron chi connectivity index (χ1n) is 9.64. The predicted molar refractivity (Wildman–Crippen MR) is 108 cm³/mol. The SMILES string of the molecule is Cc1ccc(N2C[C@@H](O)[C@H](NC(=O)C3=C4C=CC(C(C)C)=CC4C=N3)C2)nn1. The van der Waals surface area contributed by atoms with E-state index >= 15 is 0 Å². The minimum atomic E-state index is -0.673. The number of aryl methyl sites for hydroxylation is 1. The Labute approximate surface area is 164 Å². The molecule has 7 nitrogen and oxygen atoms in total. The van der Waals surface area contributed by atoms with Gasteiger partial charge in [-0.15, -0.1) is 5.10 Å². The van der Waals surface area contributed by atoms with Gasteiger partial charge in [0.2, 0.25) is 0 Å². The molecule has 0 aromatic carbocycles. The lowest BCUT2D eigenvalue weighted by Gasteiger charge is -2.18. The number of aliphatic hydroxyl groups excluding tert-OH is 1. The van der Waals surface area contributed by atoms with Gasteiger partial charge in [-0.25, -0.2) is 0 Å². The topological polar surface area (TPSA) is 90.7 Å². The zero-order valence-corrected chi connectivity index (χ0v) is 16.3. The van der Waals surface area contributed by atoms with Gasteiger partial charge >= 0.3 is 0 Å². The van der Waals surface area contributed by atoms with E-state index in [1.54, 1.807) is 0 Å². The molecule has 0 bridgehead atoms. The van der Waals surface area contributed by atoms with Crippen molar-refractivity contribution >= 4 is 17.9 Å². The predicted octanol–water partition coefficient (Wildman–Crippen LogP) is 1.56. The lowest BCUT2D eigenvalue weighted by atomic mass is 9.88. The number of fused-ring (bicyclic) bond motifs is 1. The molecule has 4 rings (SSSR count). The summed E-state index contributed by atoms with van der Waals surface area (Å²) in [5.74, 6) is 0.939. The number of nitrogens with one attached hydrogen (secondary N) is 1. The highest BCUT2D eigenvalue weighted by molar-refractivity contribution is 6.00. The molecule has 1 unspecified atom stereocenters. The van der Waals surface area contributed by atoms with Gasteiger partial charge in [0.25, 0.3) is 5.91 Å². The van der Waals surface area contributed by atoms with Crippen molar-refractivity contribution in [2.75, 3.05) is 18.0 Å². The number of rotatable bonds is 4. The van der Waals surface area contributed by atoms with E-state index in [2.05, 4.69) is 46.5 Å². The Morgan fingerprint density at radius 1 is 1.25 bits per heavy atom. The van der Waals surface area contributed by atoms with Crippen molar-refractivity contribution < 1.29 is 9.90 Å².